The van der Waals surface area contributed by atoms with Gasteiger partial charge in [0.05, 0.1) is 0 Å². The Morgan fingerprint density at radius 1 is 1.27 bits per heavy atom. The summed E-state index contributed by atoms with van der Waals surface area (Å²) in [7, 11) is 0. The first kappa shape index (κ1) is 6.35. The second-order valence-electron chi connectivity index (χ2n) is 2.54. The number of allylic oxidation sites excluding steroid dienone is 2. The van der Waals surface area contributed by atoms with Gasteiger partial charge in [-0.25, -0.2) is 0 Å². The molecule has 0 saturated heterocycles. The van der Waals surface area contributed by atoms with Crippen molar-refractivity contribution in [3.05, 3.63) is 41.0 Å². The zero-order valence-corrected chi connectivity index (χ0v) is 6.20. The molecule has 1 aromatic rings. The summed E-state index contributed by atoms with van der Waals surface area (Å²) in [5.74, 6) is 0. The molecule has 0 N–H and O–H groups in total. The summed E-state index contributed by atoms with van der Waals surface area (Å²) in [6.45, 7) is 0. The van der Waals surface area contributed by atoms with E-state index < -0.39 is 0 Å². The SMILES string of the molecule is C1=CCC=c2cnccc2=C1. The summed E-state index contributed by atoms with van der Waals surface area (Å²) < 4.78 is 0. The average molecular weight is 143 g/mol. The maximum Gasteiger partial charge on any atom is 0.0343 e. The molecule has 1 nitrogen and oxygen atoms in total. The molecule has 54 valence electrons. The summed E-state index contributed by atoms with van der Waals surface area (Å²) in [5, 5.41) is 2.49. The Labute approximate surface area is 65.4 Å². The number of aromatic nitrogens is 1. The van der Waals surface area contributed by atoms with Gasteiger partial charge in [0.1, 0.15) is 0 Å². The largest absolute Gasteiger partial charge is 0.264 e. The minimum atomic E-state index is 1.01. The summed E-state index contributed by atoms with van der Waals surface area (Å²) in [6.07, 6.45) is 13.3. The van der Waals surface area contributed by atoms with Crippen LogP contribution in [0.15, 0.2) is 30.6 Å². The molecular formula is C10H9N. The summed E-state index contributed by atoms with van der Waals surface area (Å²) in [5.41, 5.74) is 0. The van der Waals surface area contributed by atoms with Crippen LogP contribution in [-0.4, -0.2) is 4.98 Å². The highest BCUT2D eigenvalue weighted by Gasteiger charge is 1.85. The second kappa shape index (κ2) is 2.70. The van der Waals surface area contributed by atoms with Gasteiger partial charge < -0.3 is 0 Å². The number of fused-ring (bicyclic) bond motifs is 1. The molecule has 1 heterocycles. The van der Waals surface area contributed by atoms with Crippen molar-refractivity contribution in [2.75, 3.05) is 0 Å². The standard InChI is InChI=1S/C10H9N/c1-2-4-9-6-7-11-8-10(9)5-3-1/h1-2,4-8H,3H2. The van der Waals surface area contributed by atoms with Gasteiger partial charge in [-0.2, -0.15) is 0 Å². The zero-order chi connectivity index (χ0) is 7.52. The van der Waals surface area contributed by atoms with Crippen LogP contribution in [0.4, 0.5) is 0 Å². The monoisotopic (exact) mass is 143 g/mol. The number of pyridine rings is 1. The molecule has 0 fully saturated rings. The minimum Gasteiger partial charge on any atom is -0.264 e. The first-order chi connectivity index (χ1) is 5.47. The molecule has 0 amide bonds. The minimum absolute atomic E-state index is 1.01. The maximum absolute atomic E-state index is 4.06. The molecule has 1 aromatic heterocycles. The average Bonchev–Trinajstić information content (AvgIpc) is 2.28. The third-order valence-corrected chi connectivity index (χ3v) is 1.77. The van der Waals surface area contributed by atoms with Crippen molar-refractivity contribution in [3.8, 4) is 0 Å². The molecule has 0 spiro atoms. The lowest BCUT2D eigenvalue weighted by Crippen LogP contribution is -2.23. The fraction of sp³-hybridized carbons (Fsp3) is 0.100. The molecule has 11 heavy (non-hydrogen) atoms. The fourth-order valence-corrected chi connectivity index (χ4v) is 1.19. The van der Waals surface area contributed by atoms with Crippen molar-refractivity contribution in [3.63, 3.8) is 0 Å². The Kier molecular flexibility index (Phi) is 1.56. The van der Waals surface area contributed by atoms with E-state index in [0.717, 1.165) is 6.42 Å². The van der Waals surface area contributed by atoms with Crippen molar-refractivity contribution in [1.82, 2.24) is 4.98 Å². The maximum atomic E-state index is 4.06. The van der Waals surface area contributed by atoms with Crippen LogP contribution in [0.5, 0.6) is 0 Å². The van der Waals surface area contributed by atoms with E-state index in [1.165, 1.54) is 10.4 Å². The Bertz CT molecular complexity index is 388. The molecule has 2 rings (SSSR count). The van der Waals surface area contributed by atoms with E-state index in [1.807, 2.05) is 18.5 Å². The summed E-state index contributed by atoms with van der Waals surface area (Å²) >= 11 is 0. The van der Waals surface area contributed by atoms with Gasteiger partial charge in [0.2, 0.25) is 0 Å². The van der Waals surface area contributed by atoms with Crippen molar-refractivity contribution < 1.29 is 0 Å². The molecule has 0 unspecified atom stereocenters. The number of nitrogens with zero attached hydrogens (tertiary/aromatic N) is 1. The van der Waals surface area contributed by atoms with Crippen LogP contribution in [-0.2, 0) is 0 Å². The highest BCUT2D eigenvalue weighted by Crippen LogP contribution is 1.87. The van der Waals surface area contributed by atoms with E-state index in [9.17, 15) is 0 Å². The number of hydrogen-bond donors (Lipinski definition) is 0. The molecule has 1 aliphatic carbocycles. The molecule has 1 aliphatic rings. The van der Waals surface area contributed by atoms with Crippen LogP contribution in [0, 0.1) is 0 Å². The Morgan fingerprint density at radius 2 is 2.27 bits per heavy atom. The smallest absolute Gasteiger partial charge is 0.0343 e. The van der Waals surface area contributed by atoms with Gasteiger partial charge in [-0.05, 0) is 22.9 Å². The van der Waals surface area contributed by atoms with Gasteiger partial charge in [-0.1, -0.05) is 24.3 Å². The van der Waals surface area contributed by atoms with Crippen LogP contribution in [0.1, 0.15) is 6.42 Å². The van der Waals surface area contributed by atoms with Gasteiger partial charge in [0, 0.05) is 12.4 Å². The van der Waals surface area contributed by atoms with E-state index in [4.69, 9.17) is 0 Å². The van der Waals surface area contributed by atoms with Gasteiger partial charge in [0.15, 0.2) is 0 Å². The van der Waals surface area contributed by atoms with E-state index in [2.05, 4.69) is 29.3 Å². The Morgan fingerprint density at radius 3 is 3.27 bits per heavy atom. The highest BCUT2D eigenvalue weighted by atomic mass is 14.6. The number of rotatable bonds is 0. The molecule has 0 atom stereocenters. The highest BCUT2D eigenvalue weighted by molar-refractivity contribution is 5.43. The van der Waals surface area contributed by atoms with Crippen molar-refractivity contribution >= 4 is 12.2 Å². The lowest BCUT2D eigenvalue weighted by atomic mass is 10.3. The van der Waals surface area contributed by atoms with Crippen molar-refractivity contribution in [1.29, 1.82) is 0 Å². The molecule has 1 heteroatoms. The van der Waals surface area contributed by atoms with E-state index >= 15 is 0 Å². The van der Waals surface area contributed by atoms with Crippen LogP contribution >= 0.6 is 0 Å². The van der Waals surface area contributed by atoms with Gasteiger partial charge in [-0.15, -0.1) is 0 Å². The summed E-state index contributed by atoms with van der Waals surface area (Å²) in [4.78, 5) is 4.06. The predicted octanol–water partition coefficient (Wildman–Crippen LogP) is 0.602. The van der Waals surface area contributed by atoms with E-state index in [1.54, 1.807) is 0 Å². The van der Waals surface area contributed by atoms with Crippen molar-refractivity contribution in [2.24, 2.45) is 0 Å². The Balaban J connectivity index is 2.81. The van der Waals surface area contributed by atoms with Gasteiger partial charge in [-0.3, -0.25) is 4.98 Å². The van der Waals surface area contributed by atoms with Gasteiger partial charge in [0.25, 0.3) is 0 Å². The van der Waals surface area contributed by atoms with Gasteiger partial charge >= 0.3 is 0 Å². The topological polar surface area (TPSA) is 12.9 Å². The molecule has 0 bridgehead atoms. The molecule has 0 radical (unpaired) electrons. The quantitative estimate of drug-likeness (QED) is 0.518. The van der Waals surface area contributed by atoms with Crippen LogP contribution in [0.2, 0.25) is 0 Å². The normalized spacial score (nSPS) is 14.2. The Hall–Kier alpha value is -1.37. The molecule has 0 aromatic carbocycles. The third-order valence-electron chi connectivity index (χ3n) is 1.77. The van der Waals surface area contributed by atoms with E-state index in [-0.39, 0.29) is 0 Å². The number of hydrogen-bond acceptors (Lipinski definition) is 1. The van der Waals surface area contributed by atoms with Crippen LogP contribution in [0.25, 0.3) is 12.2 Å². The first-order valence-corrected chi connectivity index (χ1v) is 3.74. The molecular weight excluding hydrogens is 134 g/mol. The van der Waals surface area contributed by atoms with E-state index in [0.29, 0.717) is 0 Å². The lowest BCUT2D eigenvalue weighted by molar-refractivity contribution is 1.27. The molecule has 0 saturated carbocycles. The third kappa shape index (κ3) is 1.22. The van der Waals surface area contributed by atoms with Crippen LogP contribution < -0.4 is 10.4 Å². The first-order valence-electron chi connectivity index (χ1n) is 3.74. The van der Waals surface area contributed by atoms with Crippen molar-refractivity contribution in [2.45, 2.75) is 6.42 Å². The van der Waals surface area contributed by atoms with Crippen LogP contribution in [0.3, 0.4) is 0 Å². The predicted molar refractivity (Wildman–Crippen MR) is 46.2 cm³/mol. The fourth-order valence-electron chi connectivity index (χ4n) is 1.19. The second-order valence-corrected chi connectivity index (χ2v) is 2.54. The lowest BCUT2D eigenvalue weighted by Gasteiger charge is -1.84. The molecule has 0 aliphatic heterocycles. The zero-order valence-electron chi connectivity index (χ0n) is 6.20. The summed E-state index contributed by atoms with van der Waals surface area (Å²) in [6, 6.07) is 2.03.